The van der Waals surface area contributed by atoms with Crippen LogP contribution in [0.15, 0.2) is 9.59 Å². The van der Waals surface area contributed by atoms with E-state index in [4.69, 9.17) is 0 Å². The second kappa shape index (κ2) is 6.91. The van der Waals surface area contributed by atoms with Crippen molar-refractivity contribution in [3.63, 3.8) is 0 Å². The van der Waals surface area contributed by atoms with E-state index in [0.29, 0.717) is 5.95 Å². The van der Waals surface area contributed by atoms with Crippen LogP contribution in [0.4, 0.5) is 5.95 Å². The van der Waals surface area contributed by atoms with E-state index in [0.717, 1.165) is 45.1 Å². The Kier molecular flexibility index (Phi) is 5.20. The molecule has 6 heteroatoms. The van der Waals surface area contributed by atoms with Gasteiger partial charge in [0.05, 0.1) is 0 Å². The van der Waals surface area contributed by atoms with Crippen LogP contribution in [-0.2, 0) is 7.05 Å². The van der Waals surface area contributed by atoms with Crippen molar-refractivity contribution in [1.82, 2.24) is 14.1 Å². The average molecular weight is 294 g/mol. The second-order valence-corrected chi connectivity index (χ2v) is 5.97. The molecule has 1 heterocycles. The fraction of sp³-hybridized carbons (Fsp3) is 0.800. The Hall–Kier alpha value is -1.59. The predicted molar refractivity (Wildman–Crippen MR) is 84.0 cm³/mol. The molecule has 1 aromatic rings. The highest BCUT2D eigenvalue weighted by atomic mass is 16.2. The van der Waals surface area contributed by atoms with Gasteiger partial charge in [-0.3, -0.25) is 4.57 Å². The lowest BCUT2D eigenvalue weighted by Gasteiger charge is -2.25. The first-order chi connectivity index (χ1) is 10.1. The summed E-state index contributed by atoms with van der Waals surface area (Å²) in [6, 6.07) is 0.0208. The van der Waals surface area contributed by atoms with E-state index in [1.54, 1.807) is 7.05 Å². The normalized spacial score (nSPS) is 16.1. The van der Waals surface area contributed by atoms with Crippen LogP contribution in [0.1, 0.15) is 57.9 Å². The van der Waals surface area contributed by atoms with Gasteiger partial charge >= 0.3 is 11.4 Å². The molecule has 0 unspecified atom stereocenters. The van der Waals surface area contributed by atoms with Gasteiger partial charge in [-0.15, -0.1) is 0 Å². The van der Waals surface area contributed by atoms with Gasteiger partial charge in [-0.1, -0.05) is 32.6 Å². The average Bonchev–Trinajstić information content (AvgIpc) is 2.49. The highest BCUT2D eigenvalue weighted by molar-refractivity contribution is 5.27. The van der Waals surface area contributed by atoms with Gasteiger partial charge in [0.1, 0.15) is 0 Å². The summed E-state index contributed by atoms with van der Waals surface area (Å²) in [5.41, 5.74) is -0.636. The molecule has 0 radical (unpaired) electrons. The fourth-order valence-corrected chi connectivity index (χ4v) is 3.03. The van der Waals surface area contributed by atoms with Gasteiger partial charge in [-0.25, -0.2) is 14.2 Å². The van der Waals surface area contributed by atoms with Crippen molar-refractivity contribution in [2.45, 2.75) is 57.9 Å². The van der Waals surface area contributed by atoms with Crippen LogP contribution in [0.5, 0.6) is 0 Å². The van der Waals surface area contributed by atoms with Gasteiger partial charge in [-0.05, 0) is 19.3 Å². The molecule has 0 aliphatic heterocycles. The number of nitrogens with zero attached hydrogens (tertiary/aromatic N) is 4. The summed E-state index contributed by atoms with van der Waals surface area (Å²) in [5.74, 6) is 0.463. The van der Waals surface area contributed by atoms with Crippen molar-refractivity contribution < 1.29 is 0 Å². The smallest absolute Gasteiger partial charge is 0.345 e. The quantitative estimate of drug-likeness (QED) is 0.829. The second-order valence-electron chi connectivity index (χ2n) is 5.97. The number of unbranched alkanes of at least 4 members (excludes halogenated alkanes) is 1. The van der Waals surface area contributed by atoms with Gasteiger partial charge in [0, 0.05) is 26.7 Å². The van der Waals surface area contributed by atoms with Crippen LogP contribution in [0, 0.1) is 0 Å². The van der Waals surface area contributed by atoms with E-state index in [-0.39, 0.29) is 11.7 Å². The largest absolute Gasteiger partial charge is 0.355 e. The zero-order valence-corrected chi connectivity index (χ0v) is 13.3. The minimum atomic E-state index is -0.400. The maximum Gasteiger partial charge on any atom is 0.355 e. The highest BCUT2D eigenvalue weighted by Crippen LogP contribution is 2.25. The first kappa shape index (κ1) is 15.8. The Morgan fingerprint density at radius 2 is 1.90 bits per heavy atom. The van der Waals surface area contributed by atoms with Gasteiger partial charge in [0.2, 0.25) is 5.95 Å². The summed E-state index contributed by atoms with van der Waals surface area (Å²) in [5, 5.41) is 0. The predicted octanol–water partition coefficient (Wildman–Crippen LogP) is 1.68. The molecule has 0 amide bonds. The Balaban J connectivity index is 2.36. The molecule has 6 nitrogen and oxygen atoms in total. The first-order valence-electron chi connectivity index (χ1n) is 7.97. The Labute approximate surface area is 125 Å². The van der Waals surface area contributed by atoms with Gasteiger partial charge in [-0.2, -0.15) is 4.98 Å². The maximum atomic E-state index is 12.5. The molecule has 2 rings (SSSR count). The van der Waals surface area contributed by atoms with E-state index in [2.05, 4.69) is 11.9 Å². The SMILES string of the molecule is CCCCN(C)c1nc(=O)n(C2CCCCC2)c(=O)n1C. The molecule has 0 atom stereocenters. The number of hydrogen-bond acceptors (Lipinski definition) is 4. The Bertz CT molecular complexity index is 584. The fourth-order valence-electron chi connectivity index (χ4n) is 3.03. The molecule has 118 valence electrons. The van der Waals surface area contributed by atoms with Crippen LogP contribution in [0.25, 0.3) is 0 Å². The summed E-state index contributed by atoms with van der Waals surface area (Å²) in [6.07, 6.45) is 7.24. The third kappa shape index (κ3) is 3.36. The molecule has 0 aromatic carbocycles. The van der Waals surface area contributed by atoms with Crippen molar-refractivity contribution in [2.75, 3.05) is 18.5 Å². The zero-order valence-electron chi connectivity index (χ0n) is 13.3. The molecule has 1 aliphatic carbocycles. The van der Waals surface area contributed by atoms with Crippen LogP contribution in [-0.4, -0.2) is 27.7 Å². The molecule has 1 fully saturated rings. The van der Waals surface area contributed by atoms with Crippen LogP contribution in [0.3, 0.4) is 0 Å². The summed E-state index contributed by atoms with van der Waals surface area (Å²) < 4.78 is 2.86. The van der Waals surface area contributed by atoms with E-state index < -0.39 is 5.69 Å². The highest BCUT2D eigenvalue weighted by Gasteiger charge is 2.22. The molecule has 0 bridgehead atoms. The lowest BCUT2D eigenvalue weighted by atomic mass is 9.95. The van der Waals surface area contributed by atoms with Crippen molar-refractivity contribution in [2.24, 2.45) is 7.05 Å². The first-order valence-corrected chi connectivity index (χ1v) is 7.97. The minimum absolute atomic E-state index is 0.0208. The van der Waals surface area contributed by atoms with Gasteiger partial charge in [0.15, 0.2) is 0 Å². The van der Waals surface area contributed by atoms with Crippen LogP contribution < -0.4 is 16.3 Å². The number of rotatable bonds is 5. The topological polar surface area (TPSA) is 60.1 Å². The van der Waals surface area contributed by atoms with E-state index in [1.165, 1.54) is 15.6 Å². The summed E-state index contributed by atoms with van der Waals surface area (Å²) in [6.45, 7) is 2.91. The molecule has 0 saturated heterocycles. The van der Waals surface area contributed by atoms with Crippen molar-refractivity contribution >= 4 is 5.95 Å². The molecular formula is C15H26N4O2. The monoisotopic (exact) mass is 294 g/mol. The summed E-state index contributed by atoms with van der Waals surface area (Å²) in [4.78, 5) is 30.9. The van der Waals surface area contributed by atoms with Crippen LogP contribution in [0.2, 0.25) is 0 Å². The van der Waals surface area contributed by atoms with E-state index in [9.17, 15) is 9.59 Å². The number of anilines is 1. The molecule has 21 heavy (non-hydrogen) atoms. The molecule has 1 saturated carbocycles. The third-order valence-corrected chi connectivity index (χ3v) is 4.32. The number of aromatic nitrogens is 3. The van der Waals surface area contributed by atoms with Crippen molar-refractivity contribution in [3.05, 3.63) is 21.0 Å². The Morgan fingerprint density at radius 3 is 2.52 bits per heavy atom. The standard InChI is InChI=1S/C15H26N4O2/c1-4-5-11-17(2)13-16-14(20)19(15(21)18(13)3)12-9-7-6-8-10-12/h12H,4-11H2,1-3H3. The lowest BCUT2D eigenvalue weighted by molar-refractivity contribution is 0.326. The van der Waals surface area contributed by atoms with Gasteiger partial charge < -0.3 is 4.90 Å². The molecule has 1 aromatic heterocycles. The van der Waals surface area contributed by atoms with E-state index >= 15 is 0 Å². The zero-order chi connectivity index (χ0) is 15.4. The lowest BCUT2D eigenvalue weighted by Crippen LogP contribution is -2.45. The van der Waals surface area contributed by atoms with Crippen molar-refractivity contribution in [3.8, 4) is 0 Å². The summed E-state index contributed by atoms with van der Waals surface area (Å²) >= 11 is 0. The van der Waals surface area contributed by atoms with E-state index in [1.807, 2.05) is 11.9 Å². The van der Waals surface area contributed by atoms with Crippen LogP contribution >= 0.6 is 0 Å². The molecular weight excluding hydrogens is 268 g/mol. The third-order valence-electron chi connectivity index (χ3n) is 4.32. The maximum absolute atomic E-state index is 12.5. The molecule has 1 aliphatic rings. The minimum Gasteiger partial charge on any atom is -0.345 e. The molecule has 0 N–H and O–H groups in total. The Morgan fingerprint density at radius 1 is 1.24 bits per heavy atom. The molecule has 0 spiro atoms. The van der Waals surface area contributed by atoms with Crippen molar-refractivity contribution in [1.29, 1.82) is 0 Å². The summed E-state index contributed by atoms with van der Waals surface area (Å²) in [7, 11) is 3.58. The number of hydrogen-bond donors (Lipinski definition) is 0. The van der Waals surface area contributed by atoms with Gasteiger partial charge in [0.25, 0.3) is 0 Å².